The highest BCUT2D eigenvalue weighted by atomic mass is 32.1. The number of carboxylic acid groups (broad SMARTS) is 1. The monoisotopic (exact) mass is 291 g/mol. The van der Waals surface area contributed by atoms with Crippen LogP contribution in [0.1, 0.15) is 12.8 Å². The van der Waals surface area contributed by atoms with Crippen molar-refractivity contribution in [1.29, 1.82) is 0 Å². The number of aromatic nitrogens is 1. The summed E-state index contributed by atoms with van der Waals surface area (Å²) < 4.78 is 0.990. The number of anilines is 1. The topological polar surface area (TPSA) is 82.5 Å². The summed E-state index contributed by atoms with van der Waals surface area (Å²) in [4.78, 5) is 28.7. The molecule has 104 valence electrons. The molecule has 2 amide bonds. The molecule has 0 radical (unpaired) electrons. The van der Waals surface area contributed by atoms with Crippen molar-refractivity contribution < 1.29 is 14.7 Å². The molecule has 1 aliphatic rings. The van der Waals surface area contributed by atoms with Gasteiger partial charge >= 0.3 is 6.09 Å². The molecule has 1 aliphatic heterocycles. The molecule has 1 saturated heterocycles. The Bertz CT molecular complexity index is 637. The number of rotatable bonds is 2. The van der Waals surface area contributed by atoms with E-state index in [0.29, 0.717) is 24.5 Å². The number of hydrogen-bond donors (Lipinski definition) is 2. The number of amides is 2. The standard InChI is InChI=1S/C13H13N3O3S/c17-11(9-5-3-7-16(9)13(18)19)15-12-14-8-4-1-2-6-10(8)20-12/h1-2,4,6,9H,3,5,7H2,(H,18,19)(H,14,15,17)/t9-/m0/s1. The molecule has 1 atom stereocenters. The molecule has 0 spiro atoms. The zero-order chi connectivity index (χ0) is 14.1. The Morgan fingerprint density at radius 1 is 1.40 bits per heavy atom. The fourth-order valence-corrected chi connectivity index (χ4v) is 3.25. The number of fused-ring (bicyclic) bond motifs is 1. The summed E-state index contributed by atoms with van der Waals surface area (Å²) in [5.41, 5.74) is 0.828. The van der Waals surface area contributed by atoms with Gasteiger partial charge < -0.3 is 10.4 Å². The van der Waals surface area contributed by atoms with Crippen molar-refractivity contribution in [1.82, 2.24) is 9.88 Å². The predicted octanol–water partition coefficient (Wildman–Crippen LogP) is 2.38. The zero-order valence-corrected chi connectivity index (χ0v) is 11.4. The lowest BCUT2D eigenvalue weighted by molar-refractivity contribution is -0.119. The Labute approximate surface area is 119 Å². The molecule has 3 rings (SSSR count). The van der Waals surface area contributed by atoms with Gasteiger partial charge in [-0.1, -0.05) is 23.5 Å². The number of thiazole rings is 1. The van der Waals surface area contributed by atoms with E-state index in [9.17, 15) is 9.59 Å². The van der Waals surface area contributed by atoms with Crippen molar-refractivity contribution in [3.8, 4) is 0 Å². The zero-order valence-electron chi connectivity index (χ0n) is 10.6. The van der Waals surface area contributed by atoms with Gasteiger partial charge in [-0.2, -0.15) is 0 Å². The van der Waals surface area contributed by atoms with Crippen LogP contribution in [0.5, 0.6) is 0 Å². The van der Waals surface area contributed by atoms with Gasteiger partial charge in [0.25, 0.3) is 0 Å². The highest BCUT2D eigenvalue weighted by molar-refractivity contribution is 7.22. The van der Waals surface area contributed by atoms with Crippen LogP contribution in [0.15, 0.2) is 24.3 Å². The molecule has 1 aromatic carbocycles. The number of carbonyl (C=O) groups excluding carboxylic acids is 1. The van der Waals surface area contributed by atoms with Crippen LogP contribution >= 0.6 is 11.3 Å². The van der Waals surface area contributed by atoms with E-state index >= 15 is 0 Å². The van der Waals surface area contributed by atoms with E-state index in [1.165, 1.54) is 16.2 Å². The van der Waals surface area contributed by atoms with Crippen LogP contribution < -0.4 is 5.32 Å². The molecule has 20 heavy (non-hydrogen) atoms. The lowest BCUT2D eigenvalue weighted by Gasteiger charge is -2.19. The maximum absolute atomic E-state index is 12.2. The van der Waals surface area contributed by atoms with Gasteiger partial charge in [0.05, 0.1) is 10.2 Å². The summed E-state index contributed by atoms with van der Waals surface area (Å²) in [6.45, 7) is 0.410. The van der Waals surface area contributed by atoms with Crippen molar-refractivity contribution in [3.63, 3.8) is 0 Å². The fourth-order valence-electron chi connectivity index (χ4n) is 2.38. The molecular weight excluding hydrogens is 278 g/mol. The molecule has 0 aliphatic carbocycles. The Morgan fingerprint density at radius 3 is 2.95 bits per heavy atom. The summed E-state index contributed by atoms with van der Waals surface area (Å²) >= 11 is 1.39. The minimum atomic E-state index is -1.05. The van der Waals surface area contributed by atoms with E-state index < -0.39 is 12.1 Å². The van der Waals surface area contributed by atoms with Crippen LogP contribution in [0.3, 0.4) is 0 Å². The van der Waals surface area contributed by atoms with E-state index in [2.05, 4.69) is 10.3 Å². The summed E-state index contributed by atoms with van der Waals surface area (Å²) in [6, 6.07) is 6.99. The van der Waals surface area contributed by atoms with Gasteiger partial charge in [-0.05, 0) is 25.0 Å². The number of nitrogens with zero attached hydrogens (tertiary/aromatic N) is 2. The summed E-state index contributed by atoms with van der Waals surface area (Å²) in [6.07, 6.45) is 0.222. The van der Waals surface area contributed by atoms with Crippen LogP contribution in [0.2, 0.25) is 0 Å². The molecule has 0 saturated carbocycles. The molecule has 6 nitrogen and oxygen atoms in total. The average Bonchev–Trinajstić information content (AvgIpc) is 3.04. The Kier molecular flexibility index (Phi) is 3.27. The largest absolute Gasteiger partial charge is 0.465 e. The van der Waals surface area contributed by atoms with Crippen LogP contribution in [0.4, 0.5) is 9.93 Å². The molecular formula is C13H13N3O3S. The van der Waals surface area contributed by atoms with E-state index in [1.54, 1.807) is 0 Å². The minimum Gasteiger partial charge on any atom is -0.465 e. The lowest BCUT2D eigenvalue weighted by Crippen LogP contribution is -2.42. The molecule has 7 heteroatoms. The molecule has 0 unspecified atom stereocenters. The number of carbonyl (C=O) groups is 2. The maximum Gasteiger partial charge on any atom is 0.407 e. The quantitative estimate of drug-likeness (QED) is 0.890. The number of nitrogens with one attached hydrogen (secondary N) is 1. The van der Waals surface area contributed by atoms with Crippen LogP contribution in [0, 0.1) is 0 Å². The van der Waals surface area contributed by atoms with Gasteiger partial charge in [0, 0.05) is 6.54 Å². The Hall–Kier alpha value is -2.15. The average molecular weight is 291 g/mol. The van der Waals surface area contributed by atoms with Crippen LogP contribution in [-0.2, 0) is 4.79 Å². The first-order valence-corrected chi connectivity index (χ1v) is 7.13. The predicted molar refractivity (Wildman–Crippen MR) is 76.0 cm³/mol. The lowest BCUT2D eigenvalue weighted by atomic mass is 10.2. The highest BCUT2D eigenvalue weighted by Crippen LogP contribution is 2.26. The summed E-state index contributed by atoms with van der Waals surface area (Å²) in [5, 5.41) is 12.3. The highest BCUT2D eigenvalue weighted by Gasteiger charge is 2.34. The number of para-hydroxylation sites is 1. The van der Waals surface area contributed by atoms with Crippen LogP contribution in [-0.4, -0.2) is 39.6 Å². The second-order valence-electron chi connectivity index (χ2n) is 4.61. The first kappa shape index (κ1) is 12.9. The van der Waals surface area contributed by atoms with Gasteiger partial charge in [-0.25, -0.2) is 9.78 Å². The second kappa shape index (κ2) is 5.09. The first-order chi connectivity index (χ1) is 9.65. The Morgan fingerprint density at radius 2 is 2.20 bits per heavy atom. The molecule has 0 bridgehead atoms. The van der Waals surface area contributed by atoms with E-state index in [4.69, 9.17) is 5.11 Å². The van der Waals surface area contributed by atoms with E-state index in [1.807, 2.05) is 24.3 Å². The van der Waals surface area contributed by atoms with Crippen molar-refractivity contribution in [2.45, 2.75) is 18.9 Å². The SMILES string of the molecule is O=C(Nc1nc2ccccc2s1)[C@@H]1CCCN1C(=O)O. The summed E-state index contributed by atoms with van der Waals surface area (Å²) in [7, 11) is 0. The van der Waals surface area contributed by atoms with Crippen molar-refractivity contribution in [2.75, 3.05) is 11.9 Å². The minimum absolute atomic E-state index is 0.302. The number of likely N-dealkylation sites (tertiary alicyclic amines) is 1. The van der Waals surface area contributed by atoms with E-state index in [-0.39, 0.29) is 5.91 Å². The third-order valence-electron chi connectivity index (χ3n) is 3.33. The molecule has 1 fully saturated rings. The van der Waals surface area contributed by atoms with Crippen molar-refractivity contribution in [3.05, 3.63) is 24.3 Å². The van der Waals surface area contributed by atoms with E-state index in [0.717, 1.165) is 10.2 Å². The smallest absolute Gasteiger partial charge is 0.407 e. The normalized spacial score (nSPS) is 18.4. The maximum atomic E-state index is 12.2. The van der Waals surface area contributed by atoms with Crippen molar-refractivity contribution in [2.24, 2.45) is 0 Å². The van der Waals surface area contributed by atoms with Gasteiger partial charge in [0.1, 0.15) is 6.04 Å². The summed E-state index contributed by atoms with van der Waals surface area (Å²) in [5.74, 6) is -0.302. The molecule has 2 aromatic rings. The third-order valence-corrected chi connectivity index (χ3v) is 4.28. The third kappa shape index (κ3) is 2.32. The molecule has 2 heterocycles. The fraction of sp³-hybridized carbons (Fsp3) is 0.308. The van der Waals surface area contributed by atoms with Gasteiger partial charge in [0.15, 0.2) is 5.13 Å². The van der Waals surface area contributed by atoms with Gasteiger partial charge in [-0.15, -0.1) is 0 Å². The number of hydrogen-bond acceptors (Lipinski definition) is 4. The van der Waals surface area contributed by atoms with Gasteiger partial charge in [-0.3, -0.25) is 9.69 Å². The second-order valence-corrected chi connectivity index (χ2v) is 5.64. The first-order valence-electron chi connectivity index (χ1n) is 6.31. The number of benzene rings is 1. The van der Waals surface area contributed by atoms with Gasteiger partial charge in [0.2, 0.25) is 5.91 Å². The van der Waals surface area contributed by atoms with Crippen LogP contribution in [0.25, 0.3) is 10.2 Å². The molecule has 1 aromatic heterocycles. The van der Waals surface area contributed by atoms with Crippen molar-refractivity contribution >= 4 is 38.7 Å². The Balaban J connectivity index is 1.76. The molecule has 2 N–H and O–H groups in total.